The van der Waals surface area contributed by atoms with E-state index in [9.17, 15) is 4.79 Å². The Labute approximate surface area is 215 Å². The van der Waals surface area contributed by atoms with Crippen molar-refractivity contribution in [1.82, 2.24) is 15.5 Å². The summed E-state index contributed by atoms with van der Waals surface area (Å²) in [5, 5.41) is 6.95. The maximum Gasteiger partial charge on any atom is 0.305 e. The number of carbonyl (C=O) groups excluding carboxylic acids is 1. The number of nitrogens with zero attached hydrogens (tertiary/aromatic N) is 2. The second-order valence-corrected chi connectivity index (χ2v) is 8.05. The molecule has 2 N–H and O–H groups in total. The van der Waals surface area contributed by atoms with Crippen molar-refractivity contribution in [1.29, 1.82) is 0 Å². The normalized spacial score (nSPS) is 16.1. The number of carbonyl (C=O) groups is 1. The Morgan fingerprint density at radius 2 is 1.82 bits per heavy atom. The number of guanidine groups is 1. The van der Waals surface area contributed by atoms with Crippen LogP contribution in [0.25, 0.3) is 0 Å². The molecule has 188 valence electrons. The standard InChI is InChI=1S/C24H40N4O4.HI/c1-5-32-23(29)10-8-6-7-9-12-26-24(25-2)27-20-11-13-28(18-20)17-19-14-21(30-3)16-22(15-19)31-4;/h14-16,20H,5-13,17-18H2,1-4H3,(H2,25,26,27);1H. The van der Waals surface area contributed by atoms with E-state index in [1.54, 1.807) is 14.2 Å². The van der Waals surface area contributed by atoms with Crippen LogP contribution < -0.4 is 20.1 Å². The fourth-order valence-corrected chi connectivity index (χ4v) is 3.89. The molecule has 9 heteroatoms. The van der Waals surface area contributed by atoms with E-state index in [1.807, 2.05) is 20.0 Å². The maximum absolute atomic E-state index is 11.3. The number of hydrogen-bond donors (Lipinski definition) is 2. The molecule has 1 aromatic carbocycles. The van der Waals surface area contributed by atoms with E-state index in [0.717, 1.165) is 75.7 Å². The largest absolute Gasteiger partial charge is 0.497 e. The predicted molar refractivity (Wildman–Crippen MR) is 143 cm³/mol. The Morgan fingerprint density at radius 1 is 1.12 bits per heavy atom. The molecule has 2 rings (SSSR count). The van der Waals surface area contributed by atoms with E-state index in [1.165, 1.54) is 5.56 Å². The Balaban J connectivity index is 0.00000544. The van der Waals surface area contributed by atoms with Crippen molar-refractivity contribution in [2.45, 2.75) is 58.0 Å². The van der Waals surface area contributed by atoms with Crippen molar-refractivity contribution in [2.75, 3.05) is 47.5 Å². The number of nitrogens with one attached hydrogen (secondary N) is 2. The van der Waals surface area contributed by atoms with Crippen LogP contribution in [-0.4, -0.2) is 70.4 Å². The van der Waals surface area contributed by atoms with Crippen LogP contribution in [0.3, 0.4) is 0 Å². The summed E-state index contributed by atoms with van der Waals surface area (Å²) in [5.74, 6) is 2.40. The molecule has 1 heterocycles. The summed E-state index contributed by atoms with van der Waals surface area (Å²) in [6.07, 6.45) is 5.67. The van der Waals surface area contributed by atoms with Gasteiger partial charge in [0, 0.05) is 51.8 Å². The highest BCUT2D eigenvalue weighted by atomic mass is 127. The van der Waals surface area contributed by atoms with Crippen LogP contribution in [0.15, 0.2) is 23.2 Å². The van der Waals surface area contributed by atoms with E-state index in [0.29, 0.717) is 19.1 Å². The minimum absolute atomic E-state index is 0. The van der Waals surface area contributed by atoms with Crippen molar-refractivity contribution >= 4 is 35.9 Å². The number of hydrogen-bond acceptors (Lipinski definition) is 6. The fraction of sp³-hybridized carbons (Fsp3) is 0.667. The summed E-state index contributed by atoms with van der Waals surface area (Å²) in [7, 11) is 5.16. The second kappa shape index (κ2) is 16.8. The molecule has 0 radical (unpaired) electrons. The molecule has 0 amide bonds. The third kappa shape index (κ3) is 11.3. The molecule has 1 aliphatic heterocycles. The summed E-state index contributed by atoms with van der Waals surface area (Å²) < 4.78 is 15.7. The number of esters is 1. The van der Waals surface area contributed by atoms with Gasteiger partial charge in [0.25, 0.3) is 0 Å². The molecular formula is C24H41IN4O4. The molecule has 1 aromatic rings. The monoisotopic (exact) mass is 576 g/mol. The molecule has 0 bridgehead atoms. The predicted octanol–water partition coefficient (Wildman–Crippen LogP) is 3.57. The summed E-state index contributed by atoms with van der Waals surface area (Å²) in [6.45, 7) is 6.04. The lowest BCUT2D eigenvalue weighted by atomic mass is 10.1. The van der Waals surface area contributed by atoms with Gasteiger partial charge in [-0.1, -0.05) is 12.8 Å². The highest BCUT2D eigenvalue weighted by Crippen LogP contribution is 2.24. The number of methoxy groups -OCH3 is 2. The molecule has 1 aliphatic rings. The van der Waals surface area contributed by atoms with Crippen molar-refractivity contribution in [3.63, 3.8) is 0 Å². The first-order chi connectivity index (χ1) is 15.6. The molecular weight excluding hydrogens is 535 g/mol. The molecule has 0 aromatic heterocycles. The summed E-state index contributed by atoms with van der Waals surface area (Å²) in [5.41, 5.74) is 1.19. The molecule has 1 fully saturated rings. The van der Waals surface area contributed by atoms with Gasteiger partial charge in [-0.2, -0.15) is 0 Å². The zero-order valence-electron chi connectivity index (χ0n) is 20.5. The number of rotatable bonds is 13. The van der Waals surface area contributed by atoms with Crippen LogP contribution in [0.4, 0.5) is 0 Å². The number of ether oxygens (including phenoxy) is 3. The molecule has 0 spiro atoms. The number of benzene rings is 1. The molecule has 0 aliphatic carbocycles. The average Bonchev–Trinajstić information content (AvgIpc) is 3.23. The fourth-order valence-electron chi connectivity index (χ4n) is 3.89. The first-order valence-electron chi connectivity index (χ1n) is 11.6. The number of halogens is 1. The van der Waals surface area contributed by atoms with Gasteiger partial charge in [0.15, 0.2) is 5.96 Å². The highest BCUT2D eigenvalue weighted by Gasteiger charge is 2.23. The molecule has 0 saturated carbocycles. The van der Waals surface area contributed by atoms with Crippen LogP contribution >= 0.6 is 24.0 Å². The minimum Gasteiger partial charge on any atom is -0.497 e. The van der Waals surface area contributed by atoms with Gasteiger partial charge in [-0.05, 0) is 43.9 Å². The average molecular weight is 577 g/mol. The van der Waals surface area contributed by atoms with Gasteiger partial charge < -0.3 is 24.8 Å². The molecule has 1 unspecified atom stereocenters. The van der Waals surface area contributed by atoms with Crippen molar-refractivity contribution in [3.05, 3.63) is 23.8 Å². The van der Waals surface area contributed by atoms with Crippen molar-refractivity contribution in [2.24, 2.45) is 4.99 Å². The van der Waals surface area contributed by atoms with E-state index >= 15 is 0 Å². The number of unbranched alkanes of at least 4 members (excludes halogenated alkanes) is 3. The van der Waals surface area contributed by atoms with Gasteiger partial charge in [-0.25, -0.2) is 0 Å². The Morgan fingerprint density at radius 3 is 2.45 bits per heavy atom. The zero-order valence-corrected chi connectivity index (χ0v) is 22.9. The summed E-state index contributed by atoms with van der Waals surface area (Å²) >= 11 is 0. The first kappa shape index (κ1) is 29.3. The van der Waals surface area contributed by atoms with E-state index in [-0.39, 0.29) is 29.9 Å². The van der Waals surface area contributed by atoms with Crippen LogP contribution in [0.1, 0.15) is 51.0 Å². The lowest BCUT2D eigenvalue weighted by molar-refractivity contribution is -0.143. The van der Waals surface area contributed by atoms with E-state index < -0.39 is 0 Å². The molecule has 1 atom stereocenters. The van der Waals surface area contributed by atoms with Crippen LogP contribution in [0.5, 0.6) is 11.5 Å². The van der Waals surface area contributed by atoms with Gasteiger partial charge in [-0.15, -0.1) is 24.0 Å². The van der Waals surface area contributed by atoms with Crippen molar-refractivity contribution in [3.8, 4) is 11.5 Å². The van der Waals surface area contributed by atoms with Gasteiger partial charge in [0.1, 0.15) is 11.5 Å². The third-order valence-electron chi connectivity index (χ3n) is 5.56. The quantitative estimate of drug-likeness (QED) is 0.122. The lowest BCUT2D eigenvalue weighted by Gasteiger charge is -2.19. The minimum atomic E-state index is -0.0913. The SMILES string of the molecule is CCOC(=O)CCCCCCNC(=NC)NC1CCN(Cc2cc(OC)cc(OC)c2)C1.I. The van der Waals surface area contributed by atoms with E-state index in [2.05, 4.69) is 32.7 Å². The molecule has 8 nitrogen and oxygen atoms in total. The molecule has 33 heavy (non-hydrogen) atoms. The van der Waals surface area contributed by atoms with E-state index in [4.69, 9.17) is 14.2 Å². The Bertz CT molecular complexity index is 710. The Kier molecular flexibility index (Phi) is 14.9. The van der Waals surface area contributed by atoms with Crippen LogP contribution in [-0.2, 0) is 16.1 Å². The number of aliphatic imine (C=N–C) groups is 1. The summed E-state index contributed by atoms with van der Waals surface area (Å²) in [4.78, 5) is 18.1. The molecule has 1 saturated heterocycles. The Hall–Kier alpha value is -1.75. The van der Waals surface area contributed by atoms with Crippen LogP contribution in [0.2, 0.25) is 0 Å². The lowest BCUT2D eigenvalue weighted by Crippen LogP contribution is -2.44. The zero-order chi connectivity index (χ0) is 23.2. The maximum atomic E-state index is 11.3. The van der Waals surface area contributed by atoms with Gasteiger partial charge in [0.2, 0.25) is 0 Å². The topological polar surface area (TPSA) is 84.4 Å². The van der Waals surface area contributed by atoms with Crippen LogP contribution in [0, 0.1) is 0 Å². The highest BCUT2D eigenvalue weighted by molar-refractivity contribution is 14.0. The second-order valence-electron chi connectivity index (χ2n) is 8.05. The smallest absolute Gasteiger partial charge is 0.305 e. The van der Waals surface area contributed by atoms with Crippen molar-refractivity contribution < 1.29 is 19.0 Å². The van der Waals surface area contributed by atoms with Gasteiger partial charge in [-0.3, -0.25) is 14.7 Å². The first-order valence-corrected chi connectivity index (χ1v) is 11.6. The van der Waals surface area contributed by atoms with Gasteiger partial charge in [0.05, 0.1) is 20.8 Å². The third-order valence-corrected chi connectivity index (χ3v) is 5.56. The summed E-state index contributed by atoms with van der Waals surface area (Å²) in [6, 6.07) is 6.40. The van der Waals surface area contributed by atoms with Gasteiger partial charge >= 0.3 is 5.97 Å². The number of likely N-dealkylation sites (tertiary alicyclic amines) is 1.